The minimum atomic E-state index is -0.672. The van der Waals surface area contributed by atoms with Gasteiger partial charge in [-0.15, -0.1) is 23.2 Å². The van der Waals surface area contributed by atoms with Gasteiger partial charge in [-0.3, -0.25) is 0 Å². The Morgan fingerprint density at radius 1 is 0.519 bits per heavy atom. The standard InChI is InChI=1S/C21H26Cl2O4.C21H24O4/c1-21(2,15-3-7-19(8-4-15)26-13-17(24)11-22)16-5-9-20(10-6-16)27-14-18(25)12-23;1-21(2,15-3-7-17(8-4-15)22-11-19-13-24-19)16-5-9-18(10-6-16)23-12-20-14-25-20/h3-10,17-18,24-25H,11-14H2,1-2H3;3-10,19-20H,11-14H2,1-2H3. The van der Waals surface area contributed by atoms with Crippen molar-refractivity contribution in [1.29, 1.82) is 0 Å². The first-order valence-corrected chi connectivity index (χ1v) is 18.7. The molecule has 0 aliphatic carbocycles. The van der Waals surface area contributed by atoms with Gasteiger partial charge in [0.2, 0.25) is 0 Å². The third-order valence-electron chi connectivity index (χ3n) is 9.22. The number of aliphatic hydroxyl groups is 2. The largest absolute Gasteiger partial charge is 0.491 e. The fourth-order valence-corrected chi connectivity index (χ4v) is 5.56. The maximum absolute atomic E-state index is 9.47. The number of halogens is 2. The van der Waals surface area contributed by atoms with E-state index in [4.69, 9.17) is 51.6 Å². The van der Waals surface area contributed by atoms with Crippen LogP contribution in [0, 0.1) is 0 Å². The molecular formula is C42H50Cl2O8. The lowest BCUT2D eigenvalue weighted by atomic mass is 9.78. The molecule has 0 saturated carbocycles. The second-order valence-corrected chi connectivity index (χ2v) is 14.7. The van der Waals surface area contributed by atoms with Crippen LogP contribution in [0.15, 0.2) is 97.1 Å². The van der Waals surface area contributed by atoms with E-state index in [0.29, 0.717) is 24.7 Å². The number of hydrogen-bond acceptors (Lipinski definition) is 8. The monoisotopic (exact) mass is 752 g/mol. The van der Waals surface area contributed by atoms with E-state index >= 15 is 0 Å². The van der Waals surface area contributed by atoms with Gasteiger partial charge in [0.25, 0.3) is 0 Å². The summed E-state index contributed by atoms with van der Waals surface area (Å²) in [6.07, 6.45) is -0.783. The van der Waals surface area contributed by atoms with E-state index in [1.54, 1.807) is 0 Å². The molecule has 4 aromatic carbocycles. The summed E-state index contributed by atoms with van der Waals surface area (Å²) >= 11 is 11.1. The zero-order chi connectivity index (χ0) is 37.1. The quantitative estimate of drug-likeness (QED) is 0.0795. The SMILES string of the molecule is CC(C)(c1ccc(OCC(O)CCl)cc1)c1ccc(OCC(O)CCl)cc1.CC(C)(c1ccc(OCC2CO2)cc1)c1ccc(OCC2CO2)cc1. The van der Waals surface area contributed by atoms with Gasteiger partial charge in [-0.25, -0.2) is 0 Å². The minimum Gasteiger partial charge on any atom is -0.491 e. The van der Waals surface area contributed by atoms with Crippen LogP contribution in [0.1, 0.15) is 49.9 Å². The number of alkyl halides is 2. The number of epoxide rings is 2. The highest BCUT2D eigenvalue weighted by Crippen LogP contribution is 2.35. The van der Waals surface area contributed by atoms with E-state index in [2.05, 4.69) is 52.0 Å². The first-order valence-electron chi connectivity index (χ1n) is 17.6. The van der Waals surface area contributed by atoms with Gasteiger partial charge in [-0.2, -0.15) is 0 Å². The molecule has 6 rings (SSSR count). The molecule has 0 bridgehead atoms. The first-order chi connectivity index (χ1) is 25.0. The van der Waals surface area contributed by atoms with Crippen LogP contribution in [0.5, 0.6) is 23.0 Å². The van der Waals surface area contributed by atoms with Crippen molar-refractivity contribution in [3.63, 3.8) is 0 Å². The third kappa shape index (κ3) is 11.8. The Morgan fingerprint density at radius 3 is 1.00 bits per heavy atom. The van der Waals surface area contributed by atoms with E-state index in [0.717, 1.165) is 35.8 Å². The summed E-state index contributed by atoms with van der Waals surface area (Å²) in [6, 6.07) is 32.3. The number of ether oxygens (including phenoxy) is 6. The molecule has 4 aromatic rings. The molecule has 4 atom stereocenters. The summed E-state index contributed by atoms with van der Waals surface area (Å²) in [6.45, 7) is 12.0. The lowest BCUT2D eigenvalue weighted by Crippen LogP contribution is -2.20. The predicted molar refractivity (Wildman–Crippen MR) is 205 cm³/mol. The number of benzene rings is 4. The molecule has 0 aromatic heterocycles. The summed E-state index contributed by atoms with van der Waals surface area (Å²) in [4.78, 5) is 0. The highest BCUT2D eigenvalue weighted by molar-refractivity contribution is 6.18. The molecule has 280 valence electrons. The lowest BCUT2D eigenvalue weighted by Gasteiger charge is -2.26. The van der Waals surface area contributed by atoms with Crippen molar-refractivity contribution in [2.75, 3.05) is 51.4 Å². The van der Waals surface area contributed by atoms with Gasteiger partial charge in [0.15, 0.2) is 0 Å². The fourth-order valence-electron chi connectivity index (χ4n) is 5.39. The lowest BCUT2D eigenvalue weighted by molar-refractivity contribution is 0.125. The topological polar surface area (TPSA) is 102 Å². The van der Waals surface area contributed by atoms with Crippen LogP contribution in [-0.4, -0.2) is 86.0 Å². The van der Waals surface area contributed by atoms with Crippen molar-refractivity contribution in [3.05, 3.63) is 119 Å². The second kappa shape index (κ2) is 18.5. The number of hydrogen-bond donors (Lipinski definition) is 2. The maximum atomic E-state index is 9.47. The van der Waals surface area contributed by atoms with Gasteiger partial charge in [-0.05, 0) is 70.8 Å². The first kappa shape index (κ1) is 39.7. The Hall–Kier alpha value is -3.50. The molecule has 0 radical (unpaired) electrons. The Labute approximate surface area is 317 Å². The molecule has 52 heavy (non-hydrogen) atoms. The highest BCUT2D eigenvalue weighted by atomic mass is 35.5. The molecule has 10 heteroatoms. The zero-order valence-corrected chi connectivity index (χ0v) is 31.8. The van der Waals surface area contributed by atoms with Gasteiger partial charge in [-0.1, -0.05) is 76.2 Å². The molecule has 2 saturated heterocycles. The van der Waals surface area contributed by atoms with Crippen molar-refractivity contribution < 1.29 is 38.6 Å². The molecule has 2 aliphatic rings. The van der Waals surface area contributed by atoms with Gasteiger partial charge >= 0.3 is 0 Å². The minimum absolute atomic E-state index is 0.0870. The third-order valence-corrected chi connectivity index (χ3v) is 9.93. The van der Waals surface area contributed by atoms with Crippen LogP contribution in [0.25, 0.3) is 0 Å². The van der Waals surface area contributed by atoms with E-state index in [-0.39, 0.29) is 48.0 Å². The van der Waals surface area contributed by atoms with Crippen molar-refractivity contribution in [2.24, 2.45) is 0 Å². The number of rotatable bonds is 18. The van der Waals surface area contributed by atoms with Crippen molar-refractivity contribution in [1.82, 2.24) is 0 Å². The van der Waals surface area contributed by atoms with E-state index in [1.165, 1.54) is 11.1 Å². The summed E-state index contributed by atoms with van der Waals surface area (Å²) in [5, 5.41) is 18.9. The Balaban J connectivity index is 0.000000201. The molecule has 0 amide bonds. The molecular weight excluding hydrogens is 703 g/mol. The van der Waals surface area contributed by atoms with Crippen LogP contribution in [0.4, 0.5) is 0 Å². The predicted octanol–water partition coefficient (Wildman–Crippen LogP) is 7.54. The van der Waals surface area contributed by atoms with Crippen molar-refractivity contribution in [3.8, 4) is 23.0 Å². The molecule has 2 fully saturated rings. The second-order valence-electron chi connectivity index (χ2n) is 14.1. The normalized spacial score (nSPS) is 17.6. The van der Waals surface area contributed by atoms with E-state index in [1.807, 2.05) is 72.8 Å². The Kier molecular flexibility index (Phi) is 14.1. The fraction of sp³-hybridized carbons (Fsp3) is 0.429. The highest BCUT2D eigenvalue weighted by Gasteiger charge is 2.26. The van der Waals surface area contributed by atoms with Gasteiger partial charge in [0, 0.05) is 10.8 Å². The van der Waals surface area contributed by atoms with Crippen molar-refractivity contribution >= 4 is 23.2 Å². The molecule has 2 N–H and O–H groups in total. The van der Waals surface area contributed by atoms with Crippen LogP contribution < -0.4 is 18.9 Å². The number of aliphatic hydroxyl groups excluding tert-OH is 2. The molecule has 2 heterocycles. The van der Waals surface area contributed by atoms with Gasteiger partial charge < -0.3 is 38.6 Å². The van der Waals surface area contributed by atoms with Gasteiger partial charge in [0.05, 0.1) is 25.0 Å². The van der Waals surface area contributed by atoms with Crippen LogP contribution in [0.3, 0.4) is 0 Å². The van der Waals surface area contributed by atoms with Crippen LogP contribution in [-0.2, 0) is 20.3 Å². The summed E-state index contributed by atoms with van der Waals surface area (Å²) in [7, 11) is 0. The summed E-state index contributed by atoms with van der Waals surface area (Å²) in [5.74, 6) is 3.47. The van der Waals surface area contributed by atoms with Crippen LogP contribution >= 0.6 is 23.2 Å². The van der Waals surface area contributed by atoms with Gasteiger partial charge in [0.1, 0.15) is 73.8 Å². The smallest absolute Gasteiger partial charge is 0.119 e. The van der Waals surface area contributed by atoms with Crippen LogP contribution in [0.2, 0.25) is 0 Å². The zero-order valence-electron chi connectivity index (χ0n) is 30.3. The maximum Gasteiger partial charge on any atom is 0.119 e. The summed E-state index contributed by atoms with van der Waals surface area (Å²) in [5.41, 5.74) is 4.49. The molecule has 2 aliphatic heterocycles. The Bertz CT molecular complexity index is 1510. The average Bonchev–Trinajstić information content (AvgIpc) is 4.12. The average molecular weight is 754 g/mol. The van der Waals surface area contributed by atoms with Crippen molar-refractivity contribution in [2.45, 2.75) is 62.9 Å². The molecule has 8 nitrogen and oxygen atoms in total. The molecule has 4 unspecified atom stereocenters. The summed E-state index contributed by atoms with van der Waals surface area (Å²) < 4.78 is 32.8. The van der Waals surface area contributed by atoms with E-state index < -0.39 is 12.2 Å². The Morgan fingerprint density at radius 2 is 0.769 bits per heavy atom. The van der Waals surface area contributed by atoms with E-state index in [9.17, 15) is 10.2 Å². The molecule has 0 spiro atoms.